The van der Waals surface area contributed by atoms with Gasteiger partial charge in [0, 0.05) is 6.42 Å². The molecule has 9 heteroatoms. The summed E-state index contributed by atoms with van der Waals surface area (Å²) in [4.78, 5) is 13.8. The smallest absolute Gasteiger partial charge is 0.220 e. The molecule has 416 valence electrons. The molecule has 9 nitrogen and oxygen atoms in total. The quantitative estimate of drug-likeness (QED) is 0.0422. The van der Waals surface area contributed by atoms with Gasteiger partial charge in [-0.15, -0.1) is 0 Å². The molecule has 0 aliphatic carbocycles. The Bertz CT molecular complexity index is 1940. The normalized spacial score (nSPS) is 18.5. The molecule has 1 saturated heterocycles. The summed E-state index contributed by atoms with van der Waals surface area (Å²) in [7, 11) is 0. The van der Waals surface area contributed by atoms with E-state index in [0.29, 0.717) is 32.7 Å². The zero-order valence-corrected chi connectivity index (χ0v) is 46.5. The molecule has 1 heterocycles. The van der Waals surface area contributed by atoms with Gasteiger partial charge in [-0.25, -0.2) is 0 Å². The van der Waals surface area contributed by atoms with E-state index in [2.05, 4.69) is 43.4 Å². The molecule has 0 unspecified atom stereocenters. The number of unbranched alkanes of at least 4 members (excludes halogenated alkanes) is 22. The summed E-state index contributed by atoms with van der Waals surface area (Å²) in [6.45, 7) is 6.06. The van der Waals surface area contributed by atoms with Crippen molar-refractivity contribution in [1.82, 2.24) is 5.32 Å². The fourth-order valence-electron chi connectivity index (χ4n) is 10.1. The number of carbonyl (C=O) groups excluding carboxylic acids is 1. The van der Waals surface area contributed by atoms with Crippen molar-refractivity contribution in [3.05, 3.63) is 144 Å². The van der Waals surface area contributed by atoms with Crippen molar-refractivity contribution in [1.29, 1.82) is 0 Å². The Morgan fingerprint density at radius 3 is 1.28 bits per heavy atom. The fourth-order valence-corrected chi connectivity index (χ4v) is 10.1. The van der Waals surface area contributed by atoms with Crippen LogP contribution in [-0.2, 0) is 59.6 Å². The maximum atomic E-state index is 13.8. The van der Waals surface area contributed by atoms with Gasteiger partial charge in [-0.2, -0.15) is 0 Å². The number of nitrogens with one attached hydrogen (secondary N) is 1. The second-order valence-electron chi connectivity index (χ2n) is 21.2. The number of hydrogen-bond donors (Lipinski definition) is 2. The van der Waals surface area contributed by atoms with Crippen LogP contribution in [0.5, 0.6) is 0 Å². The molecule has 2 N–H and O–H groups in total. The lowest BCUT2D eigenvalue weighted by molar-refractivity contribution is -0.329. The van der Waals surface area contributed by atoms with E-state index in [-0.39, 0.29) is 25.7 Å². The third-order valence-corrected chi connectivity index (χ3v) is 14.7. The predicted octanol–water partition coefficient (Wildman–Crippen LogP) is 15.7. The molecule has 0 spiro atoms. The highest BCUT2D eigenvalue weighted by molar-refractivity contribution is 5.76. The molecule has 1 amide bonds. The van der Waals surface area contributed by atoms with E-state index >= 15 is 0 Å². The monoisotopic (exact) mass is 1030 g/mol. The first-order valence-corrected chi connectivity index (χ1v) is 29.9. The molecule has 0 bridgehead atoms. The molecule has 4 aromatic carbocycles. The van der Waals surface area contributed by atoms with E-state index < -0.39 is 42.9 Å². The molecule has 0 saturated carbocycles. The first kappa shape index (κ1) is 61.9. The van der Waals surface area contributed by atoms with Crippen molar-refractivity contribution in [2.24, 2.45) is 0 Å². The van der Waals surface area contributed by atoms with Crippen molar-refractivity contribution >= 4 is 5.91 Å². The van der Waals surface area contributed by atoms with Crippen LogP contribution in [0.4, 0.5) is 0 Å². The third kappa shape index (κ3) is 26.8. The lowest BCUT2D eigenvalue weighted by Crippen LogP contribution is -2.62. The molecular formula is C66H99NO8. The van der Waals surface area contributed by atoms with Gasteiger partial charge in [-0.3, -0.25) is 4.79 Å². The Morgan fingerprint density at radius 2 is 0.840 bits per heavy atom. The maximum Gasteiger partial charge on any atom is 0.220 e. The number of carbonyl (C=O) groups is 1. The van der Waals surface area contributed by atoms with Crippen molar-refractivity contribution in [2.75, 3.05) is 13.2 Å². The van der Waals surface area contributed by atoms with Crippen LogP contribution in [0.25, 0.3) is 0 Å². The number of hydrogen-bond acceptors (Lipinski definition) is 8. The molecule has 7 atom stereocenters. The summed E-state index contributed by atoms with van der Waals surface area (Å²) in [5, 5.41) is 15.2. The molecular weight excluding hydrogens is 935 g/mol. The van der Waals surface area contributed by atoms with Gasteiger partial charge in [-0.1, -0.05) is 283 Å². The Morgan fingerprint density at radius 1 is 0.467 bits per heavy atom. The molecule has 4 aromatic rings. The van der Waals surface area contributed by atoms with Crippen LogP contribution in [0.15, 0.2) is 121 Å². The van der Waals surface area contributed by atoms with E-state index in [1.807, 2.05) is 97.1 Å². The van der Waals surface area contributed by atoms with E-state index in [1.54, 1.807) is 0 Å². The Balaban J connectivity index is 1.30. The lowest BCUT2D eigenvalue weighted by atomic mass is 9.97. The standard InChI is InChI=1S/C66H99NO8/c1-3-5-7-9-11-13-15-16-18-19-21-23-37-47-60(68)59(67-62(69)48-38-24-22-20-17-14-12-10-8-6-4-2)53-74-66-65(73-52-58-45-35-28-36-46-58)64(72-51-57-43-33-27-34-44-57)63(71-50-56-41-31-26-32-42-56)61(75-66)54-70-49-55-39-29-25-30-40-55/h25-36,39-46,59-61,63-66,68H,3-24,37-38,47-54H2,1-2H3,(H,67,69)/t59-,60+,61+,63-,64-,65+,66-/m0/s1. The molecule has 1 aliphatic rings. The fraction of sp³-hybridized carbons (Fsp3) is 0.621. The Kier molecular flexibility index (Phi) is 33.3. The minimum absolute atomic E-state index is 0.0258. The van der Waals surface area contributed by atoms with Gasteiger partial charge >= 0.3 is 0 Å². The van der Waals surface area contributed by atoms with Gasteiger partial charge in [0.1, 0.15) is 24.4 Å². The molecule has 0 aromatic heterocycles. The Hall–Kier alpha value is -3.93. The first-order chi connectivity index (χ1) is 37.0. The van der Waals surface area contributed by atoms with Gasteiger partial charge in [0.15, 0.2) is 6.29 Å². The number of aliphatic hydroxyl groups excluding tert-OH is 1. The SMILES string of the molecule is CCCCCCCCCCCCCCC[C@@H](O)[C@H](CO[C@H]1O[C@H](COCc2ccccc2)[C@H](OCc2ccccc2)[C@H](OCc2ccccc2)[C@H]1OCc1ccccc1)NC(=O)CCCCCCCCCCCCC. The van der Waals surface area contributed by atoms with Crippen LogP contribution < -0.4 is 5.32 Å². The zero-order chi connectivity index (χ0) is 52.6. The summed E-state index contributed by atoms with van der Waals surface area (Å²) >= 11 is 0. The topological polar surface area (TPSA) is 105 Å². The summed E-state index contributed by atoms with van der Waals surface area (Å²) in [5.74, 6) is -0.0592. The molecule has 75 heavy (non-hydrogen) atoms. The first-order valence-electron chi connectivity index (χ1n) is 29.9. The molecule has 5 rings (SSSR count). The van der Waals surface area contributed by atoms with Crippen molar-refractivity contribution in [3.8, 4) is 0 Å². The van der Waals surface area contributed by atoms with Crippen molar-refractivity contribution in [3.63, 3.8) is 0 Å². The lowest BCUT2D eigenvalue weighted by Gasteiger charge is -2.46. The highest BCUT2D eigenvalue weighted by Gasteiger charge is 2.49. The molecule has 0 radical (unpaired) electrons. The largest absolute Gasteiger partial charge is 0.391 e. The third-order valence-electron chi connectivity index (χ3n) is 14.7. The zero-order valence-electron chi connectivity index (χ0n) is 46.5. The summed E-state index contributed by atoms with van der Waals surface area (Å²) in [6, 6.07) is 39.8. The van der Waals surface area contributed by atoms with Gasteiger partial charge in [0.25, 0.3) is 0 Å². The average Bonchev–Trinajstić information content (AvgIpc) is 3.44. The second kappa shape index (κ2) is 40.3. The van der Waals surface area contributed by atoms with E-state index in [1.165, 1.54) is 116 Å². The summed E-state index contributed by atoms with van der Waals surface area (Å²) in [5.41, 5.74) is 4.08. The maximum absolute atomic E-state index is 13.8. The van der Waals surface area contributed by atoms with Gasteiger partial charge < -0.3 is 38.8 Å². The number of benzene rings is 4. The number of amides is 1. The van der Waals surface area contributed by atoms with Gasteiger partial charge in [0.2, 0.25) is 5.91 Å². The molecule has 1 aliphatic heterocycles. The van der Waals surface area contributed by atoms with Crippen LogP contribution in [-0.4, -0.2) is 67.1 Å². The number of ether oxygens (including phenoxy) is 6. The van der Waals surface area contributed by atoms with E-state index in [9.17, 15) is 9.90 Å². The van der Waals surface area contributed by atoms with Crippen LogP contribution >= 0.6 is 0 Å². The van der Waals surface area contributed by atoms with Crippen LogP contribution in [0.3, 0.4) is 0 Å². The number of rotatable bonds is 44. The van der Waals surface area contributed by atoms with Crippen LogP contribution in [0.1, 0.15) is 203 Å². The van der Waals surface area contributed by atoms with Crippen LogP contribution in [0, 0.1) is 0 Å². The highest BCUT2D eigenvalue weighted by Crippen LogP contribution is 2.32. The van der Waals surface area contributed by atoms with Gasteiger partial charge in [-0.05, 0) is 35.1 Å². The number of aliphatic hydroxyl groups is 1. The molecule has 1 fully saturated rings. The van der Waals surface area contributed by atoms with Crippen molar-refractivity contribution < 1.29 is 38.3 Å². The minimum atomic E-state index is -0.953. The van der Waals surface area contributed by atoms with E-state index in [0.717, 1.165) is 60.8 Å². The minimum Gasteiger partial charge on any atom is -0.391 e. The summed E-state index contributed by atoms with van der Waals surface area (Å²) < 4.78 is 41.0. The van der Waals surface area contributed by atoms with Gasteiger partial charge in [0.05, 0.1) is 51.8 Å². The average molecular weight is 1030 g/mol. The highest BCUT2D eigenvalue weighted by atomic mass is 16.7. The Labute approximate surface area is 454 Å². The van der Waals surface area contributed by atoms with Crippen molar-refractivity contribution in [2.45, 2.75) is 250 Å². The second-order valence-corrected chi connectivity index (χ2v) is 21.2. The van der Waals surface area contributed by atoms with Crippen LogP contribution in [0.2, 0.25) is 0 Å². The summed E-state index contributed by atoms with van der Waals surface area (Å²) in [6.07, 6.45) is 26.3. The van der Waals surface area contributed by atoms with E-state index in [4.69, 9.17) is 28.4 Å². The predicted molar refractivity (Wildman–Crippen MR) is 305 cm³/mol.